The molecule has 1 aromatic heterocycles. The van der Waals surface area contributed by atoms with Gasteiger partial charge in [0.1, 0.15) is 16.4 Å². The van der Waals surface area contributed by atoms with Crippen molar-refractivity contribution in [2.24, 2.45) is 0 Å². The van der Waals surface area contributed by atoms with Gasteiger partial charge in [0.15, 0.2) is 5.76 Å². The fraction of sp³-hybridized carbons (Fsp3) is 0.267. The van der Waals surface area contributed by atoms with Crippen molar-refractivity contribution in [2.45, 2.75) is 11.8 Å². The van der Waals surface area contributed by atoms with Crippen LogP contribution in [0.5, 0.6) is 5.75 Å². The number of hydrogen-bond donors (Lipinski definition) is 2. The zero-order valence-electron chi connectivity index (χ0n) is 14.2. The first-order valence-corrected chi connectivity index (χ1v) is 8.38. The van der Waals surface area contributed by atoms with Gasteiger partial charge < -0.3 is 20.2 Å². The third-order valence-electron chi connectivity index (χ3n) is 3.34. The van der Waals surface area contributed by atoms with Gasteiger partial charge in [-0.2, -0.15) is 0 Å². The number of furan rings is 1. The Morgan fingerprint density at radius 3 is 2.44 bits per heavy atom. The lowest BCUT2D eigenvalue weighted by Gasteiger charge is -2.09. The van der Waals surface area contributed by atoms with E-state index in [1.165, 1.54) is 40.3 Å². The second-order valence-electron chi connectivity index (χ2n) is 5.23. The molecule has 0 saturated carbocycles. The maximum Gasteiger partial charge on any atom is 0.291 e. The minimum Gasteiger partial charge on any atom is -0.495 e. The van der Waals surface area contributed by atoms with Gasteiger partial charge >= 0.3 is 0 Å². The van der Waals surface area contributed by atoms with E-state index in [9.17, 15) is 13.2 Å². The normalized spacial score (nSPS) is 11.1. The molecule has 0 radical (unpaired) electrons. The number of benzene rings is 1. The van der Waals surface area contributed by atoms with Crippen LogP contribution in [0, 0.1) is 6.92 Å². The molecule has 0 aliphatic heterocycles. The maximum atomic E-state index is 12.3. The van der Waals surface area contributed by atoms with E-state index < -0.39 is 15.9 Å². The molecule has 2 rings (SSSR count). The number of aryl methyl sites for hydroxylation is 1. The van der Waals surface area contributed by atoms with Gasteiger partial charge in [0.2, 0.25) is 10.0 Å². The fourth-order valence-corrected chi connectivity index (χ4v) is 3.09. The molecule has 138 valence electrons. The molecule has 0 aliphatic carbocycles. The average molecular weight is 390 g/mol. The summed E-state index contributed by atoms with van der Waals surface area (Å²) in [7, 11) is 0.611. The van der Waals surface area contributed by atoms with E-state index in [0.717, 1.165) is 4.31 Å². The summed E-state index contributed by atoms with van der Waals surface area (Å²) in [5, 5.41) is 2.59. The number of nitrogens with one attached hydrogen (secondary N) is 1. The van der Waals surface area contributed by atoms with Crippen LogP contribution in [0.4, 0.5) is 11.4 Å². The molecule has 0 spiro atoms. The molecule has 0 aliphatic rings. The SMILES string of the molecule is COc1ccc(NC(=O)c2cc(S(=O)(=O)N(C)C)c(C)o2)cc1N.Cl. The smallest absolute Gasteiger partial charge is 0.291 e. The highest BCUT2D eigenvalue weighted by Crippen LogP contribution is 2.26. The van der Waals surface area contributed by atoms with Crippen molar-refractivity contribution in [1.82, 2.24) is 4.31 Å². The van der Waals surface area contributed by atoms with Gasteiger partial charge in [0.05, 0.1) is 12.8 Å². The summed E-state index contributed by atoms with van der Waals surface area (Å²) in [4.78, 5) is 12.2. The van der Waals surface area contributed by atoms with Gasteiger partial charge in [-0.05, 0) is 25.1 Å². The highest BCUT2D eigenvalue weighted by molar-refractivity contribution is 7.89. The van der Waals surface area contributed by atoms with Crippen molar-refractivity contribution < 1.29 is 22.4 Å². The van der Waals surface area contributed by atoms with Crippen LogP contribution in [0.25, 0.3) is 0 Å². The minimum atomic E-state index is -3.69. The molecule has 3 N–H and O–H groups in total. The number of methoxy groups -OCH3 is 1. The number of halogens is 1. The first-order chi connectivity index (χ1) is 11.2. The molecule has 1 aromatic carbocycles. The third-order valence-corrected chi connectivity index (χ3v) is 5.26. The predicted molar refractivity (Wildman–Crippen MR) is 96.9 cm³/mol. The number of carbonyl (C=O) groups excluding carboxylic acids is 1. The van der Waals surface area contributed by atoms with E-state index in [1.807, 2.05) is 0 Å². The van der Waals surface area contributed by atoms with E-state index in [0.29, 0.717) is 17.1 Å². The molecule has 0 saturated heterocycles. The Balaban J connectivity index is 0.00000312. The van der Waals surface area contributed by atoms with Crippen LogP contribution in [0.2, 0.25) is 0 Å². The van der Waals surface area contributed by atoms with Crippen molar-refractivity contribution in [2.75, 3.05) is 32.3 Å². The standard InChI is InChI=1S/C15H19N3O5S.ClH/c1-9-14(24(20,21)18(2)3)8-13(23-9)15(19)17-10-5-6-12(22-4)11(16)7-10;/h5-8H,16H2,1-4H3,(H,17,19);1H. The van der Waals surface area contributed by atoms with E-state index >= 15 is 0 Å². The summed E-state index contributed by atoms with van der Waals surface area (Å²) in [6, 6.07) is 5.96. The van der Waals surface area contributed by atoms with E-state index in [-0.39, 0.29) is 28.8 Å². The molecule has 8 nitrogen and oxygen atoms in total. The van der Waals surface area contributed by atoms with Gasteiger partial charge in [-0.1, -0.05) is 0 Å². The van der Waals surface area contributed by atoms with Gasteiger partial charge in [0, 0.05) is 25.8 Å². The van der Waals surface area contributed by atoms with Gasteiger partial charge in [-0.15, -0.1) is 12.4 Å². The number of nitrogen functional groups attached to an aromatic ring is 1. The number of anilines is 2. The summed E-state index contributed by atoms with van der Waals surface area (Å²) in [6.45, 7) is 1.48. The number of rotatable bonds is 5. The monoisotopic (exact) mass is 389 g/mol. The Labute approximate surface area is 152 Å². The molecule has 1 amide bonds. The van der Waals surface area contributed by atoms with Crippen LogP contribution in [0.3, 0.4) is 0 Å². The summed E-state index contributed by atoms with van der Waals surface area (Å²) in [5.74, 6) is -0.0607. The molecule has 0 bridgehead atoms. The minimum absolute atomic E-state index is 0. The van der Waals surface area contributed by atoms with E-state index in [4.69, 9.17) is 14.9 Å². The van der Waals surface area contributed by atoms with Gasteiger partial charge in [-0.25, -0.2) is 12.7 Å². The van der Waals surface area contributed by atoms with Crippen molar-refractivity contribution in [3.05, 3.63) is 35.8 Å². The van der Waals surface area contributed by atoms with Crippen LogP contribution in [0.15, 0.2) is 33.6 Å². The van der Waals surface area contributed by atoms with Crippen LogP contribution >= 0.6 is 12.4 Å². The Kier molecular flexibility index (Phi) is 6.47. The quantitative estimate of drug-likeness (QED) is 0.756. The maximum absolute atomic E-state index is 12.3. The van der Waals surface area contributed by atoms with E-state index in [1.54, 1.807) is 12.1 Å². The van der Waals surface area contributed by atoms with Crippen molar-refractivity contribution in [3.63, 3.8) is 0 Å². The number of nitrogens with two attached hydrogens (primary N) is 1. The first-order valence-electron chi connectivity index (χ1n) is 6.94. The summed E-state index contributed by atoms with van der Waals surface area (Å²) < 4.78 is 35.7. The second-order valence-corrected chi connectivity index (χ2v) is 7.35. The largest absolute Gasteiger partial charge is 0.495 e. The number of sulfonamides is 1. The highest BCUT2D eigenvalue weighted by atomic mass is 35.5. The molecule has 1 heterocycles. The molecular formula is C15H20ClN3O5S. The molecular weight excluding hydrogens is 370 g/mol. The van der Waals surface area contributed by atoms with Gasteiger partial charge in [0.25, 0.3) is 5.91 Å². The topological polar surface area (TPSA) is 115 Å². The highest BCUT2D eigenvalue weighted by Gasteiger charge is 2.26. The van der Waals surface area contributed by atoms with Crippen molar-refractivity contribution in [3.8, 4) is 5.75 Å². The Morgan fingerprint density at radius 2 is 1.92 bits per heavy atom. The van der Waals surface area contributed by atoms with Crippen LogP contribution in [-0.4, -0.2) is 39.8 Å². The lowest BCUT2D eigenvalue weighted by Crippen LogP contribution is -2.22. The van der Waals surface area contributed by atoms with Gasteiger partial charge in [-0.3, -0.25) is 4.79 Å². The lowest BCUT2D eigenvalue weighted by molar-refractivity contribution is 0.0995. The van der Waals surface area contributed by atoms with Crippen LogP contribution in [0.1, 0.15) is 16.3 Å². The Bertz CT molecular complexity index is 877. The molecule has 10 heteroatoms. The number of carbonyl (C=O) groups is 1. The first kappa shape index (κ1) is 20.8. The summed E-state index contributed by atoms with van der Waals surface area (Å²) >= 11 is 0. The molecule has 0 unspecified atom stereocenters. The van der Waals surface area contributed by atoms with Crippen LogP contribution in [-0.2, 0) is 10.0 Å². The summed E-state index contributed by atoms with van der Waals surface area (Å²) in [6.07, 6.45) is 0. The Hall–Kier alpha value is -2.23. The molecule has 0 fully saturated rings. The molecule has 2 aromatic rings. The van der Waals surface area contributed by atoms with Crippen molar-refractivity contribution >= 4 is 39.7 Å². The van der Waals surface area contributed by atoms with Crippen molar-refractivity contribution in [1.29, 1.82) is 0 Å². The molecule has 25 heavy (non-hydrogen) atoms. The van der Waals surface area contributed by atoms with Crippen LogP contribution < -0.4 is 15.8 Å². The zero-order valence-corrected chi connectivity index (χ0v) is 15.8. The predicted octanol–water partition coefficient (Wildman–Crippen LogP) is 2.10. The number of hydrogen-bond acceptors (Lipinski definition) is 6. The lowest BCUT2D eigenvalue weighted by atomic mass is 10.2. The number of nitrogens with zero attached hydrogens (tertiary/aromatic N) is 1. The van der Waals surface area contributed by atoms with E-state index in [2.05, 4.69) is 5.32 Å². The zero-order chi connectivity index (χ0) is 18.1. The third kappa shape index (κ3) is 4.25. The fourth-order valence-electron chi connectivity index (χ4n) is 2.03. The molecule has 0 atom stereocenters. The average Bonchev–Trinajstić information content (AvgIpc) is 2.90. The number of ether oxygens (including phenoxy) is 1. The second kappa shape index (κ2) is 7.77. The Morgan fingerprint density at radius 1 is 1.28 bits per heavy atom. The summed E-state index contributed by atoms with van der Waals surface area (Å²) in [5.41, 5.74) is 6.58. The number of amides is 1.